The molecular formula is C12H22N2O3S. The molecular weight excluding hydrogens is 252 g/mol. The van der Waals surface area contributed by atoms with Crippen LogP contribution in [0.1, 0.15) is 39.0 Å². The minimum absolute atomic E-state index is 0.0695. The third-order valence-electron chi connectivity index (χ3n) is 2.77. The summed E-state index contributed by atoms with van der Waals surface area (Å²) >= 11 is 3.53. The molecule has 6 heteroatoms. The number of rotatable bonds is 6. The summed E-state index contributed by atoms with van der Waals surface area (Å²) in [6.07, 6.45) is 4.69. The number of thiol groups is 1. The van der Waals surface area contributed by atoms with E-state index in [2.05, 4.69) is 12.6 Å². The van der Waals surface area contributed by atoms with E-state index in [1.807, 2.05) is 0 Å². The molecule has 0 saturated carbocycles. The van der Waals surface area contributed by atoms with E-state index in [1.54, 1.807) is 13.2 Å². The van der Waals surface area contributed by atoms with Crippen molar-refractivity contribution in [2.75, 3.05) is 12.8 Å². The monoisotopic (exact) mass is 274 g/mol. The lowest BCUT2D eigenvalue weighted by Crippen LogP contribution is -2.31. The van der Waals surface area contributed by atoms with Crippen LogP contribution in [0, 0.1) is 5.92 Å². The molecule has 1 fully saturated rings. The zero-order chi connectivity index (χ0) is 14.1. The Morgan fingerprint density at radius 3 is 2.39 bits per heavy atom. The van der Waals surface area contributed by atoms with Gasteiger partial charge in [0.15, 0.2) is 0 Å². The van der Waals surface area contributed by atoms with Crippen LogP contribution in [0.5, 0.6) is 0 Å². The Kier molecular flexibility index (Phi) is 8.45. The summed E-state index contributed by atoms with van der Waals surface area (Å²) in [5, 5.41) is 0. The normalized spacial score (nSPS) is 18.6. The molecule has 2 N–H and O–H groups in total. The number of primary amides is 1. The molecule has 1 atom stereocenters. The Bertz CT molecular complexity index is 308. The van der Waals surface area contributed by atoms with Crippen molar-refractivity contribution in [1.29, 1.82) is 0 Å². The second-order valence-electron chi connectivity index (χ2n) is 4.27. The lowest BCUT2D eigenvalue weighted by Gasteiger charge is -2.13. The largest absolute Gasteiger partial charge is 0.370 e. The minimum atomic E-state index is -0.304. The van der Waals surface area contributed by atoms with Crippen molar-refractivity contribution in [3.63, 3.8) is 0 Å². The highest BCUT2D eigenvalue weighted by molar-refractivity contribution is 7.79. The molecule has 1 unspecified atom stereocenters. The molecule has 3 amide bonds. The maximum atomic E-state index is 11.5. The molecule has 1 aliphatic heterocycles. The third-order valence-corrected chi connectivity index (χ3v) is 2.77. The van der Waals surface area contributed by atoms with Crippen molar-refractivity contribution in [2.45, 2.75) is 39.0 Å². The van der Waals surface area contributed by atoms with Gasteiger partial charge in [0.1, 0.15) is 0 Å². The number of nitrogens with two attached hydrogens (primary N) is 1. The smallest absolute Gasteiger partial charge is 0.232 e. The minimum Gasteiger partial charge on any atom is -0.370 e. The fourth-order valence-electron chi connectivity index (χ4n) is 1.83. The quantitative estimate of drug-likeness (QED) is 0.430. The molecule has 1 saturated heterocycles. The van der Waals surface area contributed by atoms with Gasteiger partial charge in [-0.3, -0.25) is 19.3 Å². The van der Waals surface area contributed by atoms with Gasteiger partial charge in [-0.25, -0.2) is 0 Å². The number of likely N-dealkylation sites (tertiary alicyclic amines) is 1. The van der Waals surface area contributed by atoms with Gasteiger partial charge in [-0.1, -0.05) is 13.3 Å². The average Bonchev–Trinajstić information content (AvgIpc) is 2.57. The van der Waals surface area contributed by atoms with E-state index < -0.39 is 0 Å². The van der Waals surface area contributed by atoms with Crippen LogP contribution in [0.15, 0.2) is 0 Å². The number of imide groups is 1. The van der Waals surface area contributed by atoms with Crippen molar-refractivity contribution in [1.82, 2.24) is 4.90 Å². The highest BCUT2D eigenvalue weighted by Crippen LogP contribution is 2.19. The maximum Gasteiger partial charge on any atom is 0.232 e. The van der Waals surface area contributed by atoms with Crippen molar-refractivity contribution >= 4 is 30.4 Å². The van der Waals surface area contributed by atoms with Crippen molar-refractivity contribution in [3.05, 3.63) is 0 Å². The number of amides is 3. The average molecular weight is 274 g/mol. The van der Waals surface area contributed by atoms with Crippen molar-refractivity contribution < 1.29 is 14.4 Å². The highest BCUT2D eigenvalue weighted by atomic mass is 32.1. The lowest BCUT2D eigenvalue weighted by molar-refractivity contribution is -0.139. The van der Waals surface area contributed by atoms with Crippen LogP contribution in [0.25, 0.3) is 0 Å². The molecule has 1 heterocycles. The number of unbranched alkanes of at least 4 members (excludes halogenated alkanes) is 2. The summed E-state index contributed by atoms with van der Waals surface area (Å²) in [6, 6.07) is 0. The predicted octanol–water partition coefficient (Wildman–Crippen LogP) is 0.973. The van der Waals surface area contributed by atoms with E-state index >= 15 is 0 Å². The molecule has 5 nitrogen and oxygen atoms in total. The Morgan fingerprint density at radius 1 is 1.33 bits per heavy atom. The van der Waals surface area contributed by atoms with Crippen LogP contribution in [0.4, 0.5) is 0 Å². The first-order chi connectivity index (χ1) is 8.52. The van der Waals surface area contributed by atoms with Crippen LogP contribution in [0.3, 0.4) is 0 Å². The van der Waals surface area contributed by atoms with Crippen molar-refractivity contribution in [3.8, 4) is 0 Å². The first-order valence-electron chi connectivity index (χ1n) is 6.09. The van der Waals surface area contributed by atoms with Gasteiger partial charge in [-0.15, -0.1) is 0 Å². The fourth-order valence-corrected chi connectivity index (χ4v) is 1.83. The van der Waals surface area contributed by atoms with E-state index in [-0.39, 0.29) is 23.6 Å². The molecule has 0 aliphatic carbocycles. The standard InChI is InChI=1S/C11H18N2O3.CH4S/c1-8-7-10(15)13(11(8)16)6-4-2-3-5-9(12)14;1-2/h8H,2-7H2,1H3,(H2,12,14);2H,1H3. The molecule has 0 bridgehead atoms. The number of hydrogen-bond donors (Lipinski definition) is 2. The second kappa shape index (κ2) is 8.97. The molecule has 0 aromatic rings. The van der Waals surface area contributed by atoms with E-state index in [1.165, 1.54) is 4.90 Å². The van der Waals surface area contributed by atoms with Gasteiger partial charge in [0.05, 0.1) is 0 Å². The zero-order valence-electron chi connectivity index (χ0n) is 11.0. The van der Waals surface area contributed by atoms with Gasteiger partial charge in [-0.2, -0.15) is 12.6 Å². The molecule has 0 radical (unpaired) electrons. The van der Waals surface area contributed by atoms with Crippen LogP contribution >= 0.6 is 12.6 Å². The summed E-state index contributed by atoms with van der Waals surface area (Å²) in [5.41, 5.74) is 5.00. The number of nitrogens with zero attached hydrogens (tertiary/aromatic N) is 1. The highest BCUT2D eigenvalue weighted by Gasteiger charge is 2.34. The molecule has 0 aromatic heterocycles. The Balaban J connectivity index is 0.00000137. The first kappa shape index (κ1) is 17.0. The molecule has 1 aliphatic rings. The van der Waals surface area contributed by atoms with E-state index in [0.29, 0.717) is 19.4 Å². The maximum absolute atomic E-state index is 11.5. The van der Waals surface area contributed by atoms with Gasteiger partial charge in [-0.05, 0) is 19.1 Å². The SMILES string of the molecule is CC1CC(=O)N(CCCCCC(N)=O)C1=O.CS. The van der Waals surface area contributed by atoms with Crippen LogP contribution < -0.4 is 5.73 Å². The molecule has 0 spiro atoms. The van der Waals surface area contributed by atoms with Gasteiger partial charge in [0, 0.05) is 25.3 Å². The second-order valence-corrected chi connectivity index (χ2v) is 4.27. The summed E-state index contributed by atoms with van der Waals surface area (Å²) in [4.78, 5) is 34.7. The number of carbonyl (C=O) groups is 3. The van der Waals surface area contributed by atoms with Gasteiger partial charge < -0.3 is 5.73 Å². The van der Waals surface area contributed by atoms with E-state index in [9.17, 15) is 14.4 Å². The zero-order valence-corrected chi connectivity index (χ0v) is 11.9. The van der Waals surface area contributed by atoms with Crippen molar-refractivity contribution in [2.24, 2.45) is 11.7 Å². The third kappa shape index (κ3) is 5.53. The first-order valence-corrected chi connectivity index (χ1v) is 6.99. The topological polar surface area (TPSA) is 80.5 Å². The van der Waals surface area contributed by atoms with E-state index in [0.717, 1.165) is 19.3 Å². The lowest BCUT2D eigenvalue weighted by atomic mass is 10.1. The molecule has 0 aromatic carbocycles. The summed E-state index contributed by atoms with van der Waals surface area (Å²) < 4.78 is 0. The molecule has 18 heavy (non-hydrogen) atoms. The summed E-state index contributed by atoms with van der Waals surface area (Å²) in [7, 11) is 0. The summed E-state index contributed by atoms with van der Waals surface area (Å²) in [6.45, 7) is 2.24. The Morgan fingerprint density at radius 2 is 1.94 bits per heavy atom. The van der Waals surface area contributed by atoms with Gasteiger partial charge in [0.25, 0.3) is 0 Å². The summed E-state index contributed by atoms with van der Waals surface area (Å²) in [5.74, 6) is -0.618. The van der Waals surface area contributed by atoms with Crippen LogP contribution in [0.2, 0.25) is 0 Å². The van der Waals surface area contributed by atoms with E-state index in [4.69, 9.17) is 5.73 Å². The number of carbonyl (C=O) groups excluding carboxylic acids is 3. The number of hydrogen-bond acceptors (Lipinski definition) is 4. The fraction of sp³-hybridized carbons (Fsp3) is 0.750. The Labute approximate surface area is 113 Å². The Hall–Kier alpha value is -1.04. The predicted molar refractivity (Wildman–Crippen MR) is 73.1 cm³/mol. The molecule has 104 valence electrons. The van der Waals surface area contributed by atoms with Gasteiger partial charge in [0.2, 0.25) is 17.7 Å². The van der Waals surface area contributed by atoms with Crippen LogP contribution in [-0.4, -0.2) is 35.4 Å². The van der Waals surface area contributed by atoms with Crippen LogP contribution in [-0.2, 0) is 14.4 Å². The van der Waals surface area contributed by atoms with Gasteiger partial charge >= 0.3 is 0 Å². The molecule has 1 rings (SSSR count).